The summed E-state index contributed by atoms with van der Waals surface area (Å²) in [6.07, 6.45) is 0. The first-order valence-electron chi connectivity index (χ1n) is 6.34. The van der Waals surface area contributed by atoms with Crippen LogP contribution in [0.5, 0.6) is 11.5 Å². The van der Waals surface area contributed by atoms with Gasteiger partial charge in [-0.3, -0.25) is 0 Å². The van der Waals surface area contributed by atoms with Crippen LogP contribution in [0.15, 0.2) is 54.6 Å². The number of hydrogen-bond donors (Lipinski definition) is 0. The van der Waals surface area contributed by atoms with Crippen molar-refractivity contribution < 1.29 is 4.74 Å². The monoisotopic (exact) mass is 344 g/mol. The van der Waals surface area contributed by atoms with Crippen LogP contribution in [0.4, 0.5) is 0 Å². The molecule has 0 amide bonds. The van der Waals surface area contributed by atoms with Crippen LogP contribution in [0.1, 0.15) is 18.4 Å². The molecule has 20 heavy (non-hydrogen) atoms. The predicted octanol–water partition coefficient (Wildman–Crippen LogP) is 6.24. The Balaban J connectivity index is 2.03. The molecular formula is C15H15Cl3OSi. The zero-order chi connectivity index (χ0) is 14.6. The van der Waals surface area contributed by atoms with Crippen molar-refractivity contribution in [1.29, 1.82) is 0 Å². The molecule has 0 saturated carbocycles. The number of halogens is 3. The SMILES string of the molecule is CC(C[Si](Cl)(Cl)Cl)c1ccc(Oc2ccccc2)cc1. The summed E-state index contributed by atoms with van der Waals surface area (Å²) < 4.78 is 5.74. The van der Waals surface area contributed by atoms with Crippen LogP contribution >= 0.6 is 33.2 Å². The summed E-state index contributed by atoms with van der Waals surface area (Å²) in [5.41, 5.74) is 1.16. The van der Waals surface area contributed by atoms with E-state index in [1.165, 1.54) is 0 Å². The molecule has 0 bridgehead atoms. The second-order valence-electron chi connectivity index (χ2n) is 4.70. The summed E-state index contributed by atoms with van der Waals surface area (Å²) in [5.74, 6) is 1.86. The molecule has 1 unspecified atom stereocenters. The largest absolute Gasteiger partial charge is 0.457 e. The first-order valence-corrected chi connectivity index (χ1v) is 11.6. The highest BCUT2D eigenvalue weighted by molar-refractivity contribution is 7.64. The van der Waals surface area contributed by atoms with Crippen molar-refractivity contribution in [3.05, 3.63) is 60.2 Å². The van der Waals surface area contributed by atoms with E-state index >= 15 is 0 Å². The van der Waals surface area contributed by atoms with E-state index in [1.54, 1.807) is 0 Å². The van der Waals surface area contributed by atoms with Gasteiger partial charge < -0.3 is 4.74 Å². The van der Waals surface area contributed by atoms with Crippen molar-refractivity contribution in [3.8, 4) is 11.5 Å². The van der Waals surface area contributed by atoms with Gasteiger partial charge in [-0.05, 0) is 41.8 Å². The third-order valence-electron chi connectivity index (χ3n) is 2.97. The fourth-order valence-electron chi connectivity index (χ4n) is 1.95. The standard InChI is InChI=1S/C15H15Cl3OSi/c1-12(11-20(16,17)18)13-7-9-15(10-8-13)19-14-5-3-2-4-6-14/h2-10,12H,11H2,1H3. The number of ether oxygens (including phenoxy) is 1. The van der Waals surface area contributed by atoms with E-state index in [9.17, 15) is 0 Å². The molecule has 2 rings (SSSR count). The van der Waals surface area contributed by atoms with E-state index in [2.05, 4.69) is 6.92 Å². The van der Waals surface area contributed by atoms with Gasteiger partial charge in [0.05, 0.1) is 0 Å². The summed E-state index contributed by atoms with van der Waals surface area (Å²) in [6.45, 7) is 2.07. The average molecular weight is 346 g/mol. The highest BCUT2D eigenvalue weighted by atomic mass is 35.8. The van der Waals surface area contributed by atoms with Crippen LogP contribution in [0, 0.1) is 0 Å². The number of benzene rings is 2. The van der Waals surface area contributed by atoms with Crippen molar-refractivity contribution in [2.75, 3.05) is 0 Å². The van der Waals surface area contributed by atoms with Gasteiger partial charge in [-0.2, -0.15) is 0 Å². The van der Waals surface area contributed by atoms with Gasteiger partial charge in [-0.15, -0.1) is 33.2 Å². The Morgan fingerprint density at radius 1 is 0.900 bits per heavy atom. The molecule has 106 valence electrons. The van der Waals surface area contributed by atoms with Crippen molar-refractivity contribution in [3.63, 3.8) is 0 Å². The molecule has 0 aliphatic heterocycles. The Hall–Kier alpha value is -0.673. The van der Waals surface area contributed by atoms with Crippen LogP contribution < -0.4 is 4.74 Å². The topological polar surface area (TPSA) is 9.23 Å². The van der Waals surface area contributed by atoms with Gasteiger partial charge in [-0.1, -0.05) is 37.3 Å². The van der Waals surface area contributed by atoms with Crippen molar-refractivity contribution in [2.24, 2.45) is 0 Å². The minimum atomic E-state index is -2.59. The molecule has 0 saturated heterocycles. The molecule has 0 spiro atoms. The molecule has 0 fully saturated rings. The normalized spacial score (nSPS) is 13.0. The summed E-state index contributed by atoms with van der Waals surface area (Å²) in [7, 11) is 0. The van der Waals surface area contributed by atoms with E-state index in [0.29, 0.717) is 6.04 Å². The van der Waals surface area contributed by atoms with Crippen molar-refractivity contribution >= 4 is 39.2 Å². The molecule has 5 heteroatoms. The lowest BCUT2D eigenvalue weighted by Crippen LogP contribution is -2.12. The molecular weight excluding hydrogens is 331 g/mol. The molecule has 0 aliphatic carbocycles. The lowest BCUT2D eigenvalue weighted by Gasteiger charge is -2.16. The molecule has 0 aliphatic rings. The lowest BCUT2D eigenvalue weighted by molar-refractivity contribution is 0.482. The van der Waals surface area contributed by atoms with Gasteiger partial charge in [-0.25, -0.2) is 0 Å². The Kier molecular flexibility index (Phi) is 5.39. The Labute approximate surface area is 134 Å². The van der Waals surface area contributed by atoms with Gasteiger partial charge in [0.15, 0.2) is 0 Å². The number of rotatable bonds is 5. The lowest BCUT2D eigenvalue weighted by atomic mass is 10.0. The fraction of sp³-hybridized carbons (Fsp3) is 0.200. The Morgan fingerprint density at radius 2 is 1.45 bits per heavy atom. The van der Waals surface area contributed by atoms with Gasteiger partial charge in [0.1, 0.15) is 11.5 Å². The Bertz CT molecular complexity index is 537. The first-order chi connectivity index (χ1) is 9.44. The van der Waals surface area contributed by atoms with Gasteiger partial charge >= 0.3 is 6.00 Å². The van der Waals surface area contributed by atoms with Gasteiger partial charge in [0.2, 0.25) is 0 Å². The zero-order valence-corrected chi connectivity index (χ0v) is 14.3. The van der Waals surface area contributed by atoms with Gasteiger partial charge in [0, 0.05) is 0 Å². The zero-order valence-electron chi connectivity index (χ0n) is 11.0. The average Bonchev–Trinajstić information content (AvgIpc) is 2.39. The predicted molar refractivity (Wildman–Crippen MR) is 89.5 cm³/mol. The molecule has 0 aromatic heterocycles. The van der Waals surface area contributed by atoms with Crippen LogP contribution in [-0.2, 0) is 0 Å². The van der Waals surface area contributed by atoms with E-state index in [4.69, 9.17) is 38.0 Å². The molecule has 2 aromatic rings. The Morgan fingerprint density at radius 3 is 2.00 bits per heavy atom. The molecule has 0 heterocycles. The van der Waals surface area contributed by atoms with Crippen LogP contribution in [-0.4, -0.2) is 6.00 Å². The van der Waals surface area contributed by atoms with E-state index in [1.807, 2.05) is 54.6 Å². The van der Waals surface area contributed by atoms with Crippen LogP contribution in [0.2, 0.25) is 6.04 Å². The van der Waals surface area contributed by atoms with E-state index in [-0.39, 0.29) is 5.92 Å². The fourth-order valence-corrected chi connectivity index (χ4v) is 4.97. The smallest absolute Gasteiger partial charge is 0.342 e. The minimum absolute atomic E-state index is 0.236. The molecule has 1 nitrogen and oxygen atoms in total. The van der Waals surface area contributed by atoms with E-state index < -0.39 is 6.00 Å². The number of hydrogen-bond acceptors (Lipinski definition) is 1. The maximum absolute atomic E-state index is 5.96. The van der Waals surface area contributed by atoms with Gasteiger partial charge in [0.25, 0.3) is 0 Å². The molecule has 0 N–H and O–H groups in total. The third-order valence-corrected chi connectivity index (χ3v) is 5.43. The highest BCUT2D eigenvalue weighted by Crippen LogP contribution is 2.34. The molecule has 1 atom stereocenters. The van der Waals surface area contributed by atoms with Crippen LogP contribution in [0.3, 0.4) is 0 Å². The van der Waals surface area contributed by atoms with E-state index in [0.717, 1.165) is 17.1 Å². The second kappa shape index (κ2) is 6.86. The van der Waals surface area contributed by atoms with Crippen LogP contribution in [0.25, 0.3) is 0 Å². The summed E-state index contributed by atoms with van der Waals surface area (Å²) in [5, 5.41) is 0. The summed E-state index contributed by atoms with van der Waals surface area (Å²) in [6, 6.07) is 15.6. The quantitative estimate of drug-likeness (QED) is 0.460. The third kappa shape index (κ3) is 5.02. The van der Waals surface area contributed by atoms with Crippen molar-refractivity contribution in [1.82, 2.24) is 0 Å². The summed E-state index contributed by atoms with van der Waals surface area (Å²) in [4.78, 5) is 0. The molecule has 2 aromatic carbocycles. The van der Waals surface area contributed by atoms with Crippen molar-refractivity contribution in [2.45, 2.75) is 18.9 Å². The maximum atomic E-state index is 5.96. The molecule has 0 radical (unpaired) electrons. The highest BCUT2D eigenvalue weighted by Gasteiger charge is 2.28. The second-order valence-corrected chi connectivity index (χ2v) is 13.9. The first kappa shape index (κ1) is 15.7. The maximum Gasteiger partial charge on any atom is 0.342 e. The number of para-hydroxylation sites is 1. The summed E-state index contributed by atoms with van der Waals surface area (Å²) >= 11 is 17.9. The minimum Gasteiger partial charge on any atom is -0.457 e.